The van der Waals surface area contributed by atoms with Crippen LogP contribution in [0.1, 0.15) is 87.3 Å². The molecule has 40 heavy (non-hydrogen) atoms. The zero-order valence-corrected chi connectivity index (χ0v) is 23.8. The Morgan fingerprint density at radius 1 is 1.02 bits per heavy atom. The average Bonchev–Trinajstić information content (AvgIpc) is 3.19. The molecule has 2 N–H and O–H groups in total. The van der Waals surface area contributed by atoms with Gasteiger partial charge in [-0.3, -0.25) is 14.3 Å². The monoisotopic (exact) mass is 547 g/mol. The molecule has 1 amide bonds. The Hall–Kier alpha value is -3.81. The molecule has 2 aromatic carbocycles. The molecular formula is C32H41N3O5. The summed E-state index contributed by atoms with van der Waals surface area (Å²) in [6.07, 6.45) is 6.95. The highest BCUT2D eigenvalue weighted by molar-refractivity contribution is 5.94. The minimum absolute atomic E-state index is 0.135. The number of amides is 1. The number of carboxylic acids is 1. The van der Waals surface area contributed by atoms with Crippen molar-refractivity contribution in [2.24, 2.45) is 5.92 Å². The van der Waals surface area contributed by atoms with Gasteiger partial charge in [0.15, 0.2) is 5.69 Å². The molecule has 1 saturated carbocycles. The molecule has 0 aliphatic heterocycles. The molecule has 8 heteroatoms. The van der Waals surface area contributed by atoms with Gasteiger partial charge in [-0.25, -0.2) is 0 Å². The Morgan fingerprint density at radius 3 is 2.38 bits per heavy atom. The number of nitrogens with zero attached hydrogens (tertiary/aromatic N) is 2. The van der Waals surface area contributed by atoms with Crippen molar-refractivity contribution in [3.63, 3.8) is 0 Å². The van der Waals surface area contributed by atoms with Crippen LogP contribution < -0.4 is 14.8 Å². The molecule has 1 fully saturated rings. The summed E-state index contributed by atoms with van der Waals surface area (Å²) in [5.74, 6) is 0.207. The second-order valence-electron chi connectivity index (χ2n) is 11.0. The predicted molar refractivity (Wildman–Crippen MR) is 155 cm³/mol. The van der Waals surface area contributed by atoms with E-state index >= 15 is 0 Å². The van der Waals surface area contributed by atoms with Crippen molar-refractivity contribution in [3.8, 4) is 22.8 Å². The smallest absolute Gasteiger partial charge is 0.305 e. The lowest BCUT2D eigenvalue weighted by Crippen LogP contribution is -2.37. The number of hydrogen-bond donors (Lipinski definition) is 2. The van der Waals surface area contributed by atoms with Crippen molar-refractivity contribution in [1.82, 2.24) is 15.1 Å². The van der Waals surface area contributed by atoms with E-state index in [1.165, 1.54) is 12.8 Å². The van der Waals surface area contributed by atoms with Gasteiger partial charge in [0.25, 0.3) is 5.91 Å². The lowest BCUT2D eigenvalue weighted by Gasteiger charge is -2.21. The van der Waals surface area contributed by atoms with Gasteiger partial charge in [-0.05, 0) is 48.9 Å². The maximum Gasteiger partial charge on any atom is 0.305 e. The second-order valence-corrected chi connectivity index (χ2v) is 11.0. The normalized spacial score (nSPS) is 14.9. The summed E-state index contributed by atoms with van der Waals surface area (Å²) in [4.78, 5) is 24.9. The van der Waals surface area contributed by atoms with Gasteiger partial charge in [0.2, 0.25) is 0 Å². The summed E-state index contributed by atoms with van der Waals surface area (Å²) in [6, 6.07) is 17.1. The van der Waals surface area contributed by atoms with E-state index in [9.17, 15) is 14.7 Å². The van der Waals surface area contributed by atoms with Gasteiger partial charge in [0.1, 0.15) is 18.1 Å². The van der Waals surface area contributed by atoms with E-state index in [4.69, 9.17) is 14.6 Å². The number of hydrogen-bond acceptors (Lipinski definition) is 5. The molecule has 1 aliphatic carbocycles. The van der Waals surface area contributed by atoms with Crippen LogP contribution in [0.2, 0.25) is 0 Å². The van der Waals surface area contributed by atoms with E-state index < -0.39 is 12.0 Å². The fourth-order valence-corrected chi connectivity index (χ4v) is 5.49. The molecule has 0 unspecified atom stereocenters. The molecule has 214 valence electrons. The lowest BCUT2D eigenvalue weighted by atomic mass is 10.0. The summed E-state index contributed by atoms with van der Waals surface area (Å²) < 4.78 is 14.1. The molecule has 8 nitrogen and oxygen atoms in total. The number of ether oxygens (including phenoxy) is 2. The molecule has 0 saturated heterocycles. The van der Waals surface area contributed by atoms with Crippen LogP contribution in [0.5, 0.6) is 11.5 Å². The third-order valence-corrected chi connectivity index (χ3v) is 7.35. The molecule has 0 radical (unpaired) electrons. The van der Waals surface area contributed by atoms with Crippen molar-refractivity contribution in [2.45, 2.75) is 83.9 Å². The summed E-state index contributed by atoms with van der Waals surface area (Å²) in [7, 11) is 1.63. The Balaban J connectivity index is 1.74. The Bertz CT molecular complexity index is 1260. The maximum atomic E-state index is 13.5. The van der Waals surface area contributed by atoms with E-state index in [1.54, 1.807) is 13.2 Å². The SMILES string of the molecule is COc1cccc(OCc2ccccc2)c1-c1cc(C(=O)N[C@H](CC(=O)O)CC(C)C)nn1C1CCCCCC1. The van der Waals surface area contributed by atoms with Crippen LogP contribution in [0, 0.1) is 5.92 Å². The molecule has 1 aromatic heterocycles. The first kappa shape index (κ1) is 29.2. The third-order valence-electron chi connectivity index (χ3n) is 7.35. The average molecular weight is 548 g/mol. The Labute approximate surface area is 236 Å². The van der Waals surface area contributed by atoms with Gasteiger partial charge in [-0.1, -0.05) is 75.9 Å². The Kier molecular flexibility index (Phi) is 10.2. The fraction of sp³-hybridized carbons (Fsp3) is 0.469. The van der Waals surface area contributed by atoms with Crippen LogP contribution in [-0.4, -0.2) is 39.9 Å². The quantitative estimate of drug-likeness (QED) is 0.246. The highest BCUT2D eigenvalue weighted by atomic mass is 16.5. The molecule has 1 aliphatic rings. The molecule has 1 atom stereocenters. The topological polar surface area (TPSA) is 103 Å². The number of carbonyl (C=O) groups is 2. The number of carboxylic acid groups (broad SMARTS) is 1. The second kappa shape index (κ2) is 14.0. The van der Waals surface area contributed by atoms with E-state index in [1.807, 2.05) is 67.1 Å². The van der Waals surface area contributed by atoms with Gasteiger partial charge in [0, 0.05) is 6.04 Å². The van der Waals surface area contributed by atoms with E-state index in [2.05, 4.69) is 5.32 Å². The first-order chi connectivity index (χ1) is 19.4. The van der Waals surface area contributed by atoms with E-state index in [0.717, 1.165) is 42.5 Å². The highest BCUT2D eigenvalue weighted by Crippen LogP contribution is 2.41. The zero-order chi connectivity index (χ0) is 28.5. The van der Waals surface area contributed by atoms with Gasteiger partial charge >= 0.3 is 5.97 Å². The fourth-order valence-electron chi connectivity index (χ4n) is 5.49. The summed E-state index contributed by atoms with van der Waals surface area (Å²) >= 11 is 0. The van der Waals surface area contributed by atoms with Crippen molar-refractivity contribution in [3.05, 3.63) is 65.9 Å². The minimum atomic E-state index is -0.940. The minimum Gasteiger partial charge on any atom is -0.496 e. The maximum absolute atomic E-state index is 13.5. The number of nitrogens with one attached hydrogen (secondary N) is 1. The molecule has 0 spiro atoms. The summed E-state index contributed by atoms with van der Waals surface area (Å²) in [5.41, 5.74) is 2.82. The van der Waals surface area contributed by atoms with Gasteiger partial charge in [0.05, 0.1) is 30.8 Å². The number of rotatable bonds is 12. The van der Waals surface area contributed by atoms with Crippen molar-refractivity contribution >= 4 is 11.9 Å². The van der Waals surface area contributed by atoms with Crippen LogP contribution >= 0.6 is 0 Å². The number of carbonyl (C=O) groups excluding carboxylic acids is 1. The van der Waals surface area contributed by atoms with Crippen molar-refractivity contribution in [2.75, 3.05) is 7.11 Å². The van der Waals surface area contributed by atoms with E-state index in [0.29, 0.717) is 24.5 Å². The Morgan fingerprint density at radius 2 is 1.73 bits per heavy atom. The molecule has 1 heterocycles. The first-order valence-corrected chi connectivity index (χ1v) is 14.3. The lowest BCUT2D eigenvalue weighted by molar-refractivity contribution is -0.137. The summed E-state index contributed by atoms with van der Waals surface area (Å²) in [6.45, 7) is 4.41. The third kappa shape index (κ3) is 7.64. The number of aromatic nitrogens is 2. The van der Waals surface area contributed by atoms with Crippen LogP contribution in [-0.2, 0) is 11.4 Å². The molecular weight excluding hydrogens is 506 g/mol. The summed E-state index contributed by atoms with van der Waals surface area (Å²) in [5, 5.41) is 17.2. The van der Waals surface area contributed by atoms with Gasteiger partial charge < -0.3 is 19.9 Å². The van der Waals surface area contributed by atoms with Gasteiger partial charge in [-0.2, -0.15) is 5.10 Å². The number of methoxy groups -OCH3 is 1. The van der Waals surface area contributed by atoms with Crippen LogP contribution in [0.4, 0.5) is 0 Å². The standard InChI is InChI=1S/C32H41N3O5/c1-22(2)18-24(19-30(36)37)33-32(38)26-20-27(35(34-26)25-14-9-4-5-10-15-25)31-28(39-3)16-11-17-29(31)40-21-23-12-7-6-8-13-23/h6-8,11-13,16-17,20,22,24-25H,4-5,9-10,14-15,18-19,21H2,1-3H3,(H,33,38)(H,36,37)/t24-/m0/s1. The first-order valence-electron chi connectivity index (χ1n) is 14.3. The molecule has 3 aromatic rings. The van der Waals surface area contributed by atoms with Crippen molar-refractivity contribution < 1.29 is 24.2 Å². The predicted octanol–water partition coefficient (Wildman–Crippen LogP) is 6.65. The zero-order valence-electron chi connectivity index (χ0n) is 23.8. The van der Waals surface area contributed by atoms with Crippen LogP contribution in [0.3, 0.4) is 0 Å². The van der Waals surface area contributed by atoms with Crippen LogP contribution in [0.25, 0.3) is 11.3 Å². The van der Waals surface area contributed by atoms with E-state index in [-0.39, 0.29) is 30.0 Å². The largest absolute Gasteiger partial charge is 0.496 e. The van der Waals surface area contributed by atoms with Crippen LogP contribution in [0.15, 0.2) is 54.6 Å². The highest BCUT2D eigenvalue weighted by Gasteiger charge is 2.27. The van der Waals surface area contributed by atoms with Gasteiger partial charge in [-0.15, -0.1) is 0 Å². The van der Waals surface area contributed by atoms with Crippen molar-refractivity contribution in [1.29, 1.82) is 0 Å². The number of benzene rings is 2. The molecule has 4 rings (SSSR count). The number of aliphatic carboxylic acids is 1. The molecule has 0 bridgehead atoms.